The topological polar surface area (TPSA) is 48.4 Å². The number of ether oxygens (including phenoxy) is 1. The second kappa shape index (κ2) is 3.03. The van der Waals surface area contributed by atoms with Gasteiger partial charge in [0.25, 0.3) is 0 Å². The van der Waals surface area contributed by atoms with Crippen molar-refractivity contribution < 1.29 is 9.15 Å². The quantitative estimate of drug-likeness (QED) is 0.723. The van der Waals surface area contributed by atoms with Gasteiger partial charge in [-0.15, -0.1) is 0 Å². The van der Waals surface area contributed by atoms with Crippen molar-refractivity contribution in [1.29, 1.82) is 0 Å². The molecule has 1 aromatic rings. The zero-order chi connectivity index (χ0) is 8.39. The number of hydrogen-bond acceptors (Lipinski definition) is 3. The molecule has 0 amide bonds. The Balaban J connectivity index is 2.14. The predicted molar refractivity (Wildman–Crippen MR) is 44.3 cm³/mol. The van der Waals surface area contributed by atoms with Gasteiger partial charge in [0.2, 0.25) is 0 Å². The van der Waals surface area contributed by atoms with Crippen LogP contribution < -0.4 is 5.73 Å². The van der Waals surface area contributed by atoms with Crippen molar-refractivity contribution in [3.05, 3.63) is 36.0 Å². The van der Waals surface area contributed by atoms with Crippen LogP contribution in [0.1, 0.15) is 18.2 Å². The predicted octanol–water partition coefficient (Wildman–Crippen LogP) is 1.58. The van der Waals surface area contributed by atoms with E-state index in [1.807, 2.05) is 12.1 Å². The first-order chi connectivity index (χ1) is 5.88. The van der Waals surface area contributed by atoms with Crippen molar-refractivity contribution in [3.63, 3.8) is 0 Å². The normalized spacial score (nSPS) is 18.6. The van der Waals surface area contributed by atoms with E-state index >= 15 is 0 Å². The molecule has 3 heteroatoms. The van der Waals surface area contributed by atoms with Gasteiger partial charge in [-0.05, 0) is 17.7 Å². The molecule has 3 nitrogen and oxygen atoms in total. The third-order valence-corrected chi connectivity index (χ3v) is 1.99. The van der Waals surface area contributed by atoms with Crippen LogP contribution in [0, 0.1) is 0 Å². The number of hydrogen-bond donors (Lipinski definition) is 1. The minimum absolute atomic E-state index is 0.137. The molecule has 1 aliphatic heterocycles. The lowest BCUT2D eigenvalue weighted by molar-refractivity contribution is 0.281. The number of rotatable bonds is 2. The van der Waals surface area contributed by atoms with E-state index in [9.17, 15) is 0 Å². The van der Waals surface area contributed by atoms with Crippen molar-refractivity contribution in [2.24, 2.45) is 5.73 Å². The van der Waals surface area contributed by atoms with Crippen LogP contribution in [-0.2, 0) is 4.74 Å². The molecule has 2 rings (SSSR count). The third kappa shape index (κ3) is 1.23. The van der Waals surface area contributed by atoms with Gasteiger partial charge in [-0.2, -0.15) is 0 Å². The van der Waals surface area contributed by atoms with E-state index in [2.05, 4.69) is 0 Å². The highest BCUT2D eigenvalue weighted by atomic mass is 16.5. The Bertz CT molecular complexity index is 277. The molecule has 1 aliphatic rings. The molecule has 0 radical (unpaired) electrons. The lowest BCUT2D eigenvalue weighted by Crippen LogP contribution is -2.11. The van der Waals surface area contributed by atoms with Crippen LogP contribution in [0.3, 0.4) is 0 Å². The zero-order valence-electron chi connectivity index (χ0n) is 6.69. The molecular formula is C9H11NO2. The highest BCUT2D eigenvalue weighted by molar-refractivity contribution is 5.20. The third-order valence-electron chi connectivity index (χ3n) is 1.99. The zero-order valence-corrected chi connectivity index (χ0v) is 6.69. The summed E-state index contributed by atoms with van der Waals surface area (Å²) in [7, 11) is 0. The summed E-state index contributed by atoms with van der Waals surface area (Å²) in [6.07, 6.45) is 4.26. The molecule has 64 valence electrons. The van der Waals surface area contributed by atoms with Gasteiger partial charge >= 0.3 is 0 Å². The molecule has 2 heterocycles. The molecule has 12 heavy (non-hydrogen) atoms. The van der Waals surface area contributed by atoms with Crippen LogP contribution in [0.25, 0.3) is 0 Å². The molecule has 0 spiro atoms. The van der Waals surface area contributed by atoms with Crippen molar-refractivity contribution in [2.75, 3.05) is 6.61 Å². The fraction of sp³-hybridized carbons (Fsp3) is 0.333. The summed E-state index contributed by atoms with van der Waals surface area (Å²) in [6.45, 7) is 0.740. The molecule has 1 atom stereocenters. The Morgan fingerprint density at radius 2 is 2.42 bits per heavy atom. The van der Waals surface area contributed by atoms with E-state index in [0.717, 1.165) is 24.4 Å². The second-order valence-corrected chi connectivity index (χ2v) is 2.81. The van der Waals surface area contributed by atoms with E-state index in [1.54, 1.807) is 12.5 Å². The van der Waals surface area contributed by atoms with Gasteiger partial charge in [0.15, 0.2) is 0 Å². The Morgan fingerprint density at radius 3 is 3.00 bits per heavy atom. The molecule has 1 aromatic heterocycles. The summed E-state index contributed by atoms with van der Waals surface area (Å²) in [5.74, 6) is 0.798. The Hall–Kier alpha value is -1.22. The van der Waals surface area contributed by atoms with E-state index in [4.69, 9.17) is 14.9 Å². The molecule has 0 aliphatic carbocycles. The average Bonchev–Trinajstić information content (AvgIpc) is 2.77. The van der Waals surface area contributed by atoms with Crippen molar-refractivity contribution in [1.82, 2.24) is 0 Å². The highest BCUT2D eigenvalue weighted by Gasteiger charge is 2.17. The summed E-state index contributed by atoms with van der Waals surface area (Å²) in [6, 6.07) is 3.58. The summed E-state index contributed by atoms with van der Waals surface area (Å²) in [4.78, 5) is 0. The standard InChI is InChI=1S/C9H11NO2/c10-9(7-3-5-11-6-7)8-2-1-4-12-8/h1-2,4,6,9H,3,5,10H2. The molecule has 1 unspecified atom stereocenters. The maximum absolute atomic E-state index is 5.90. The molecular weight excluding hydrogens is 154 g/mol. The molecule has 0 aromatic carbocycles. The van der Waals surface area contributed by atoms with Gasteiger partial charge in [0, 0.05) is 6.42 Å². The van der Waals surface area contributed by atoms with Crippen molar-refractivity contribution in [3.8, 4) is 0 Å². The van der Waals surface area contributed by atoms with Crippen LogP contribution in [0.15, 0.2) is 34.6 Å². The van der Waals surface area contributed by atoms with Crippen molar-refractivity contribution >= 4 is 0 Å². The first kappa shape index (κ1) is 7.43. The number of furan rings is 1. The van der Waals surface area contributed by atoms with Crippen LogP contribution in [0.2, 0.25) is 0 Å². The van der Waals surface area contributed by atoms with E-state index in [1.165, 1.54) is 0 Å². The molecule has 2 N–H and O–H groups in total. The maximum atomic E-state index is 5.90. The van der Waals surface area contributed by atoms with E-state index in [-0.39, 0.29) is 6.04 Å². The Kier molecular flexibility index (Phi) is 1.87. The molecule has 0 saturated carbocycles. The van der Waals surface area contributed by atoms with Gasteiger partial charge in [0.05, 0.1) is 25.2 Å². The van der Waals surface area contributed by atoms with E-state index < -0.39 is 0 Å². The van der Waals surface area contributed by atoms with Gasteiger partial charge in [-0.3, -0.25) is 0 Å². The van der Waals surface area contributed by atoms with E-state index in [0.29, 0.717) is 0 Å². The summed E-state index contributed by atoms with van der Waals surface area (Å²) < 4.78 is 10.3. The first-order valence-corrected chi connectivity index (χ1v) is 3.97. The fourth-order valence-corrected chi connectivity index (χ4v) is 1.28. The van der Waals surface area contributed by atoms with Gasteiger partial charge in [-0.1, -0.05) is 0 Å². The average molecular weight is 165 g/mol. The number of nitrogens with two attached hydrogens (primary N) is 1. The Labute approximate surface area is 70.8 Å². The van der Waals surface area contributed by atoms with Crippen LogP contribution in [-0.4, -0.2) is 6.61 Å². The SMILES string of the molecule is NC(C1=COCC1)c1ccco1. The minimum Gasteiger partial charge on any atom is -0.501 e. The van der Waals surface area contributed by atoms with Crippen LogP contribution in [0.4, 0.5) is 0 Å². The monoisotopic (exact) mass is 165 g/mol. The lowest BCUT2D eigenvalue weighted by Gasteiger charge is -2.06. The minimum atomic E-state index is -0.137. The van der Waals surface area contributed by atoms with Crippen LogP contribution >= 0.6 is 0 Å². The summed E-state index contributed by atoms with van der Waals surface area (Å²) in [5.41, 5.74) is 7.00. The van der Waals surface area contributed by atoms with Gasteiger partial charge in [0.1, 0.15) is 5.76 Å². The smallest absolute Gasteiger partial charge is 0.124 e. The summed E-state index contributed by atoms with van der Waals surface area (Å²) in [5, 5.41) is 0. The lowest BCUT2D eigenvalue weighted by atomic mass is 10.1. The van der Waals surface area contributed by atoms with Gasteiger partial charge in [-0.25, -0.2) is 0 Å². The van der Waals surface area contributed by atoms with Crippen molar-refractivity contribution in [2.45, 2.75) is 12.5 Å². The largest absolute Gasteiger partial charge is 0.501 e. The second-order valence-electron chi connectivity index (χ2n) is 2.81. The maximum Gasteiger partial charge on any atom is 0.124 e. The molecule has 0 fully saturated rings. The molecule has 0 saturated heterocycles. The Morgan fingerprint density at radius 1 is 1.50 bits per heavy atom. The highest BCUT2D eigenvalue weighted by Crippen LogP contribution is 2.24. The molecule has 0 bridgehead atoms. The van der Waals surface area contributed by atoms with Crippen LogP contribution in [0.5, 0.6) is 0 Å². The summed E-state index contributed by atoms with van der Waals surface area (Å²) >= 11 is 0. The van der Waals surface area contributed by atoms with Gasteiger partial charge < -0.3 is 14.9 Å². The first-order valence-electron chi connectivity index (χ1n) is 3.97. The fourth-order valence-electron chi connectivity index (χ4n) is 1.28.